The summed E-state index contributed by atoms with van der Waals surface area (Å²) in [5.41, 5.74) is 2.11. The number of thiazole rings is 1. The third-order valence-corrected chi connectivity index (χ3v) is 6.30. The van der Waals surface area contributed by atoms with Gasteiger partial charge in [0.25, 0.3) is 0 Å². The third kappa shape index (κ3) is 6.58. The second-order valence-corrected chi connectivity index (χ2v) is 8.53. The number of nitrogens with zero attached hydrogens (tertiary/aromatic N) is 2. The average Bonchev–Trinajstić information content (AvgIpc) is 3.39. The van der Waals surface area contributed by atoms with E-state index >= 15 is 0 Å². The molecular weight excluding hydrogens is 531 g/mol. The Labute approximate surface area is 202 Å². The summed E-state index contributed by atoms with van der Waals surface area (Å²) in [6.45, 7) is 3.45. The van der Waals surface area contributed by atoms with Gasteiger partial charge in [-0.05, 0) is 37.6 Å². The lowest BCUT2D eigenvalue weighted by Gasteiger charge is -2.14. The molecule has 0 fully saturated rings. The van der Waals surface area contributed by atoms with Crippen LogP contribution < -0.4 is 20.1 Å². The highest BCUT2D eigenvalue weighted by atomic mass is 127. The fourth-order valence-corrected chi connectivity index (χ4v) is 4.48. The molecule has 0 spiro atoms. The van der Waals surface area contributed by atoms with Gasteiger partial charge in [-0.2, -0.15) is 0 Å². The summed E-state index contributed by atoms with van der Waals surface area (Å²) in [4.78, 5) is 11.4. The summed E-state index contributed by atoms with van der Waals surface area (Å²) in [7, 11) is 5.08. The Balaban J connectivity index is 0.00000320. The van der Waals surface area contributed by atoms with Crippen LogP contribution in [0.15, 0.2) is 40.7 Å². The maximum Gasteiger partial charge on any atom is 0.191 e. The molecule has 0 bridgehead atoms. The molecule has 0 radical (unpaired) electrons. The second kappa shape index (κ2) is 12.1. The Morgan fingerprint density at radius 2 is 1.97 bits per heavy atom. The van der Waals surface area contributed by atoms with Gasteiger partial charge in [0.2, 0.25) is 0 Å². The molecule has 2 heterocycles. The van der Waals surface area contributed by atoms with Crippen LogP contribution in [0.25, 0.3) is 10.6 Å². The van der Waals surface area contributed by atoms with Gasteiger partial charge < -0.3 is 20.1 Å². The molecule has 3 rings (SSSR count). The molecule has 0 saturated heterocycles. The summed E-state index contributed by atoms with van der Waals surface area (Å²) in [6, 6.07) is 10.1. The number of nitrogens with one attached hydrogen (secondary N) is 2. The predicted octanol–water partition coefficient (Wildman–Crippen LogP) is 4.72. The van der Waals surface area contributed by atoms with Gasteiger partial charge >= 0.3 is 0 Å². The van der Waals surface area contributed by atoms with Crippen LogP contribution in [0, 0.1) is 6.92 Å². The van der Waals surface area contributed by atoms with E-state index < -0.39 is 0 Å². The van der Waals surface area contributed by atoms with Gasteiger partial charge in [-0.1, -0.05) is 0 Å². The van der Waals surface area contributed by atoms with Gasteiger partial charge in [0.1, 0.15) is 11.5 Å². The Hall–Kier alpha value is -1.85. The molecule has 3 aromatic rings. The lowest BCUT2D eigenvalue weighted by molar-refractivity contribution is 0.390. The number of hydrogen-bond donors (Lipinski definition) is 2. The standard InChI is InChI=1S/C21H26N4O2S2.HI/c1-14-25-18(13-28-14)20-8-7-17(29-20)9-10-23-21(22-2)24-12-15-5-6-16(26-3)11-19(15)27-4;/h5-8,11,13H,9-10,12H2,1-4H3,(H2,22,23,24);1H. The quantitative estimate of drug-likeness (QED) is 0.238. The van der Waals surface area contributed by atoms with Crippen LogP contribution >= 0.6 is 46.7 Å². The SMILES string of the molecule is CN=C(NCCc1ccc(-c2csc(C)n2)s1)NCc1ccc(OC)cc1OC.I. The molecule has 6 nitrogen and oxygen atoms in total. The van der Waals surface area contributed by atoms with Crippen molar-refractivity contribution in [3.63, 3.8) is 0 Å². The smallest absolute Gasteiger partial charge is 0.191 e. The minimum Gasteiger partial charge on any atom is -0.497 e. The minimum absolute atomic E-state index is 0. The van der Waals surface area contributed by atoms with Crippen molar-refractivity contribution in [3.8, 4) is 22.1 Å². The Kier molecular flexibility index (Phi) is 9.86. The maximum absolute atomic E-state index is 5.45. The normalized spacial score (nSPS) is 11.0. The van der Waals surface area contributed by atoms with Crippen LogP contribution in [0.5, 0.6) is 11.5 Å². The molecule has 30 heavy (non-hydrogen) atoms. The predicted molar refractivity (Wildman–Crippen MR) is 137 cm³/mol. The van der Waals surface area contributed by atoms with E-state index in [1.807, 2.05) is 25.1 Å². The topological polar surface area (TPSA) is 67.8 Å². The number of rotatable bonds is 8. The first-order valence-corrected chi connectivity index (χ1v) is 11.0. The lowest BCUT2D eigenvalue weighted by Crippen LogP contribution is -2.37. The van der Waals surface area contributed by atoms with E-state index in [1.54, 1.807) is 43.9 Å². The van der Waals surface area contributed by atoms with E-state index in [1.165, 1.54) is 9.75 Å². The van der Waals surface area contributed by atoms with E-state index in [4.69, 9.17) is 9.47 Å². The second-order valence-electron chi connectivity index (χ2n) is 6.30. The highest BCUT2D eigenvalue weighted by Gasteiger charge is 2.08. The van der Waals surface area contributed by atoms with Crippen LogP contribution in [-0.2, 0) is 13.0 Å². The number of hydrogen-bond acceptors (Lipinski definition) is 6. The molecule has 9 heteroatoms. The first-order valence-electron chi connectivity index (χ1n) is 9.29. The Morgan fingerprint density at radius 1 is 1.13 bits per heavy atom. The van der Waals surface area contributed by atoms with Gasteiger partial charge in [-0.15, -0.1) is 46.7 Å². The third-order valence-electron chi connectivity index (χ3n) is 4.36. The van der Waals surface area contributed by atoms with Crippen LogP contribution in [0.1, 0.15) is 15.4 Å². The van der Waals surface area contributed by atoms with Gasteiger partial charge in [0.15, 0.2) is 5.96 Å². The molecule has 0 atom stereocenters. The zero-order valence-corrected chi connectivity index (χ0v) is 21.5. The highest BCUT2D eigenvalue weighted by Crippen LogP contribution is 2.29. The average molecular weight is 559 g/mol. The van der Waals surface area contributed by atoms with Crippen molar-refractivity contribution in [2.45, 2.75) is 19.9 Å². The molecule has 1 aromatic carbocycles. The molecule has 0 saturated carbocycles. The van der Waals surface area contributed by atoms with Gasteiger partial charge in [-0.25, -0.2) is 4.98 Å². The number of benzene rings is 1. The summed E-state index contributed by atoms with van der Waals surface area (Å²) in [6.07, 6.45) is 0.931. The van der Waals surface area contributed by atoms with Crippen LogP contribution in [-0.4, -0.2) is 38.8 Å². The fraction of sp³-hybridized carbons (Fsp3) is 0.333. The number of aryl methyl sites for hydroxylation is 1. The van der Waals surface area contributed by atoms with Crippen LogP contribution in [0.2, 0.25) is 0 Å². The van der Waals surface area contributed by atoms with Gasteiger partial charge in [0, 0.05) is 42.0 Å². The molecule has 162 valence electrons. The van der Waals surface area contributed by atoms with E-state index in [9.17, 15) is 0 Å². The number of aliphatic imine (C=N–C) groups is 1. The highest BCUT2D eigenvalue weighted by molar-refractivity contribution is 14.0. The lowest BCUT2D eigenvalue weighted by atomic mass is 10.2. The van der Waals surface area contributed by atoms with E-state index in [0.717, 1.165) is 46.7 Å². The summed E-state index contributed by atoms with van der Waals surface area (Å²) in [5.74, 6) is 2.32. The molecule has 0 aliphatic carbocycles. The molecule has 2 aromatic heterocycles. The number of ether oxygens (including phenoxy) is 2. The number of guanidine groups is 1. The Bertz CT molecular complexity index is 972. The summed E-state index contributed by atoms with van der Waals surface area (Å²) in [5, 5.41) is 9.91. The molecule has 0 unspecified atom stereocenters. The molecule has 0 aliphatic rings. The minimum atomic E-state index is 0. The molecule has 2 N–H and O–H groups in total. The van der Waals surface area contributed by atoms with E-state index in [0.29, 0.717) is 6.54 Å². The zero-order chi connectivity index (χ0) is 20.6. The van der Waals surface area contributed by atoms with E-state index in [-0.39, 0.29) is 24.0 Å². The van der Waals surface area contributed by atoms with Crippen molar-refractivity contribution in [1.82, 2.24) is 15.6 Å². The monoisotopic (exact) mass is 558 g/mol. The van der Waals surface area contributed by atoms with Crippen molar-refractivity contribution < 1.29 is 9.47 Å². The maximum atomic E-state index is 5.45. The van der Waals surface area contributed by atoms with Crippen molar-refractivity contribution >= 4 is 52.6 Å². The van der Waals surface area contributed by atoms with Crippen LogP contribution in [0.4, 0.5) is 0 Å². The fourth-order valence-electron chi connectivity index (χ4n) is 2.83. The number of methoxy groups -OCH3 is 2. The summed E-state index contributed by atoms with van der Waals surface area (Å²) >= 11 is 3.48. The molecule has 0 amide bonds. The molecule has 0 aliphatic heterocycles. The Morgan fingerprint density at radius 3 is 2.63 bits per heavy atom. The van der Waals surface area contributed by atoms with E-state index in [2.05, 4.69) is 38.1 Å². The number of halogens is 1. The summed E-state index contributed by atoms with van der Waals surface area (Å²) < 4.78 is 10.7. The van der Waals surface area contributed by atoms with Crippen molar-refractivity contribution in [3.05, 3.63) is 51.2 Å². The van der Waals surface area contributed by atoms with Gasteiger partial charge in [-0.3, -0.25) is 4.99 Å². The van der Waals surface area contributed by atoms with Crippen LogP contribution in [0.3, 0.4) is 0 Å². The largest absolute Gasteiger partial charge is 0.497 e. The number of thiophene rings is 1. The first-order chi connectivity index (χ1) is 14.1. The van der Waals surface area contributed by atoms with Crippen molar-refractivity contribution in [2.75, 3.05) is 27.8 Å². The molecular formula is C21H27IN4O2S2. The first kappa shape index (κ1) is 24.4. The van der Waals surface area contributed by atoms with Gasteiger partial charge in [0.05, 0.1) is 29.8 Å². The number of aromatic nitrogens is 1. The van der Waals surface area contributed by atoms with Crippen molar-refractivity contribution in [2.24, 2.45) is 4.99 Å². The van der Waals surface area contributed by atoms with Crippen molar-refractivity contribution in [1.29, 1.82) is 0 Å². The zero-order valence-electron chi connectivity index (χ0n) is 17.5.